The van der Waals surface area contributed by atoms with Crippen LogP contribution in [0.15, 0.2) is 0 Å². The SMILES string of the molecule is CC(SN(C(C)C)C(C)C)SN(C(C)C)C(C)C. The van der Waals surface area contributed by atoms with Gasteiger partial charge in [-0.3, -0.25) is 0 Å². The monoisotopic (exact) mass is 292 g/mol. The lowest BCUT2D eigenvalue weighted by molar-refractivity contribution is 0.331. The summed E-state index contributed by atoms with van der Waals surface area (Å²) in [7, 11) is 0. The van der Waals surface area contributed by atoms with Gasteiger partial charge < -0.3 is 0 Å². The second-order valence-corrected chi connectivity index (χ2v) is 8.85. The van der Waals surface area contributed by atoms with Crippen LogP contribution in [0.4, 0.5) is 0 Å². The normalized spacial score (nSPS) is 13.3. The zero-order valence-electron chi connectivity index (χ0n) is 13.6. The van der Waals surface area contributed by atoms with Gasteiger partial charge in [-0.1, -0.05) is 23.9 Å². The minimum atomic E-state index is 0.555. The topological polar surface area (TPSA) is 6.48 Å². The van der Waals surface area contributed by atoms with E-state index < -0.39 is 0 Å². The maximum absolute atomic E-state index is 2.50. The Morgan fingerprint density at radius 1 is 0.500 bits per heavy atom. The van der Waals surface area contributed by atoms with Crippen LogP contribution >= 0.6 is 23.9 Å². The van der Waals surface area contributed by atoms with Crippen LogP contribution in [-0.2, 0) is 0 Å². The summed E-state index contributed by atoms with van der Waals surface area (Å²) in [5, 5.41) is 0. The van der Waals surface area contributed by atoms with Gasteiger partial charge in [0.1, 0.15) is 0 Å². The lowest BCUT2D eigenvalue weighted by Gasteiger charge is -2.35. The van der Waals surface area contributed by atoms with E-state index in [4.69, 9.17) is 0 Å². The van der Waals surface area contributed by atoms with Crippen molar-refractivity contribution < 1.29 is 0 Å². The first kappa shape index (κ1) is 18.6. The van der Waals surface area contributed by atoms with E-state index in [1.165, 1.54) is 0 Å². The molecule has 110 valence electrons. The van der Waals surface area contributed by atoms with Crippen molar-refractivity contribution >= 4 is 23.9 Å². The van der Waals surface area contributed by atoms with Crippen LogP contribution in [0.25, 0.3) is 0 Å². The Labute approximate surface area is 124 Å². The summed E-state index contributed by atoms with van der Waals surface area (Å²) in [4.78, 5) is 0. The van der Waals surface area contributed by atoms with Crippen LogP contribution in [-0.4, -0.2) is 37.4 Å². The first-order valence-electron chi connectivity index (χ1n) is 7.07. The highest BCUT2D eigenvalue weighted by Crippen LogP contribution is 2.34. The molecule has 0 unspecified atom stereocenters. The van der Waals surface area contributed by atoms with Gasteiger partial charge in [0, 0.05) is 24.2 Å². The highest BCUT2D eigenvalue weighted by Gasteiger charge is 2.22. The number of hydrogen-bond donors (Lipinski definition) is 0. The quantitative estimate of drug-likeness (QED) is 0.465. The fourth-order valence-electron chi connectivity index (χ4n) is 2.04. The van der Waals surface area contributed by atoms with Crippen molar-refractivity contribution in [2.75, 3.05) is 0 Å². The predicted octanol–water partition coefficient (Wildman–Crippen LogP) is 4.87. The molecule has 0 aromatic rings. The number of nitrogens with zero attached hydrogens (tertiary/aromatic N) is 2. The second-order valence-electron chi connectivity index (χ2n) is 5.87. The average molecular weight is 293 g/mol. The molecule has 0 N–H and O–H groups in total. The molecule has 0 radical (unpaired) electrons. The zero-order chi connectivity index (χ0) is 14.5. The van der Waals surface area contributed by atoms with Gasteiger partial charge >= 0.3 is 0 Å². The van der Waals surface area contributed by atoms with E-state index in [1.54, 1.807) is 0 Å². The van der Waals surface area contributed by atoms with Crippen LogP contribution < -0.4 is 0 Å². The summed E-state index contributed by atoms with van der Waals surface area (Å²) in [6.45, 7) is 20.5. The number of rotatable bonds is 8. The third kappa shape index (κ3) is 6.69. The van der Waals surface area contributed by atoms with E-state index in [9.17, 15) is 0 Å². The van der Waals surface area contributed by atoms with Gasteiger partial charge in [0.2, 0.25) is 0 Å². The molecule has 18 heavy (non-hydrogen) atoms. The summed E-state index contributed by atoms with van der Waals surface area (Å²) < 4.78 is 5.55. The third-order valence-electron chi connectivity index (χ3n) is 2.58. The Hall–Kier alpha value is 0.620. The molecular formula is C14H32N2S2. The van der Waals surface area contributed by atoms with E-state index in [1.807, 2.05) is 23.9 Å². The third-order valence-corrected chi connectivity index (χ3v) is 5.86. The van der Waals surface area contributed by atoms with Crippen molar-refractivity contribution in [2.24, 2.45) is 0 Å². The van der Waals surface area contributed by atoms with Crippen LogP contribution in [0.5, 0.6) is 0 Å². The van der Waals surface area contributed by atoms with Gasteiger partial charge in [0.15, 0.2) is 0 Å². The van der Waals surface area contributed by atoms with Gasteiger partial charge in [-0.25, -0.2) is 8.61 Å². The summed E-state index contributed by atoms with van der Waals surface area (Å²) in [5.41, 5.74) is 0. The van der Waals surface area contributed by atoms with Gasteiger partial charge in [0.05, 0.1) is 4.58 Å². The number of hydrogen-bond acceptors (Lipinski definition) is 4. The Balaban J connectivity index is 4.42. The molecular weight excluding hydrogens is 260 g/mol. The van der Waals surface area contributed by atoms with Gasteiger partial charge in [-0.05, 0) is 62.3 Å². The van der Waals surface area contributed by atoms with E-state index in [2.05, 4.69) is 70.9 Å². The van der Waals surface area contributed by atoms with Crippen molar-refractivity contribution in [3.05, 3.63) is 0 Å². The fourth-order valence-corrected chi connectivity index (χ4v) is 4.45. The van der Waals surface area contributed by atoms with Crippen LogP contribution in [0, 0.1) is 0 Å². The largest absolute Gasteiger partial charge is 0.245 e. The standard InChI is InChI=1S/C14H32N2S2/c1-10(2)15(11(3)4)17-14(9)18-16(12(5)6)13(7)8/h10-14H,1-9H3. The smallest absolute Gasteiger partial charge is 0.0768 e. The molecule has 4 heteroatoms. The fraction of sp³-hybridized carbons (Fsp3) is 1.00. The van der Waals surface area contributed by atoms with Crippen LogP contribution in [0.3, 0.4) is 0 Å². The van der Waals surface area contributed by atoms with Crippen molar-refractivity contribution in [1.82, 2.24) is 8.61 Å². The van der Waals surface area contributed by atoms with Crippen molar-refractivity contribution in [1.29, 1.82) is 0 Å². The first-order valence-corrected chi connectivity index (χ1v) is 8.74. The molecule has 2 nitrogen and oxygen atoms in total. The van der Waals surface area contributed by atoms with Crippen LogP contribution in [0.2, 0.25) is 0 Å². The molecule has 0 saturated carbocycles. The highest BCUT2D eigenvalue weighted by molar-refractivity contribution is 8.14. The lowest BCUT2D eigenvalue weighted by Crippen LogP contribution is -2.35. The molecule has 0 atom stereocenters. The Kier molecular flexibility index (Phi) is 9.02. The lowest BCUT2D eigenvalue weighted by atomic mass is 10.3. The molecule has 0 fully saturated rings. The summed E-state index contributed by atoms with van der Waals surface area (Å²) >= 11 is 3.96. The molecule has 0 bridgehead atoms. The Morgan fingerprint density at radius 2 is 0.722 bits per heavy atom. The minimum absolute atomic E-state index is 0.555. The second kappa shape index (κ2) is 8.72. The molecule has 0 aromatic carbocycles. The van der Waals surface area contributed by atoms with E-state index in [0.29, 0.717) is 28.7 Å². The Bertz CT molecular complexity index is 180. The first-order chi connectivity index (χ1) is 8.16. The zero-order valence-corrected chi connectivity index (χ0v) is 15.2. The summed E-state index contributed by atoms with van der Waals surface area (Å²) in [5.74, 6) is 0. The molecule has 0 spiro atoms. The van der Waals surface area contributed by atoms with E-state index in [-0.39, 0.29) is 0 Å². The van der Waals surface area contributed by atoms with Gasteiger partial charge in [0.25, 0.3) is 0 Å². The maximum Gasteiger partial charge on any atom is 0.0768 e. The van der Waals surface area contributed by atoms with E-state index >= 15 is 0 Å². The average Bonchev–Trinajstić information content (AvgIpc) is 2.20. The molecule has 0 aliphatic carbocycles. The van der Waals surface area contributed by atoms with Crippen molar-refractivity contribution in [3.8, 4) is 0 Å². The summed E-state index contributed by atoms with van der Waals surface area (Å²) in [6, 6.07) is 2.35. The maximum atomic E-state index is 2.50. The molecule has 0 aromatic heterocycles. The van der Waals surface area contributed by atoms with Crippen molar-refractivity contribution in [3.63, 3.8) is 0 Å². The van der Waals surface area contributed by atoms with E-state index in [0.717, 1.165) is 0 Å². The highest BCUT2D eigenvalue weighted by atomic mass is 32.2. The van der Waals surface area contributed by atoms with Gasteiger partial charge in [-0.15, -0.1) is 0 Å². The summed E-state index contributed by atoms with van der Waals surface area (Å²) in [6.07, 6.45) is 0. The molecule has 0 saturated heterocycles. The minimum Gasteiger partial charge on any atom is -0.245 e. The van der Waals surface area contributed by atoms with Crippen LogP contribution in [0.1, 0.15) is 62.3 Å². The molecule has 0 aliphatic rings. The Morgan fingerprint density at radius 3 is 0.889 bits per heavy atom. The van der Waals surface area contributed by atoms with Crippen molar-refractivity contribution in [2.45, 2.75) is 91.1 Å². The molecule has 0 rings (SSSR count). The van der Waals surface area contributed by atoms with Gasteiger partial charge in [-0.2, -0.15) is 0 Å². The molecule has 0 aliphatic heterocycles. The molecule has 0 heterocycles. The predicted molar refractivity (Wildman–Crippen MR) is 88.9 cm³/mol. The molecule has 0 amide bonds.